The average molecular weight is 427 g/mol. The number of nitrogens with two attached hydrogens (primary N) is 1. The number of carbonyl (C=O) groups excluding carboxylic acids is 1. The Morgan fingerprint density at radius 2 is 1.84 bits per heavy atom. The molecule has 0 spiro atoms. The molecule has 5 aromatic rings. The molecule has 0 aliphatic carbocycles. The van der Waals surface area contributed by atoms with E-state index in [9.17, 15) is 9.18 Å². The summed E-state index contributed by atoms with van der Waals surface area (Å²) in [4.78, 5) is 20.4. The van der Waals surface area contributed by atoms with Crippen LogP contribution in [0.4, 0.5) is 15.8 Å². The first kappa shape index (κ1) is 19.4. The van der Waals surface area contributed by atoms with Crippen LogP contribution in [0.25, 0.3) is 22.2 Å². The van der Waals surface area contributed by atoms with Crippen LogP contribution >= 0.6 is 0 Å². The third kappa shape index (κ3) is 3.91. The van der Waals surface area contributed by atoms with Gasteiger partial charge in [0, 0.05) is 0 Å². The number of amides is 1. The van der Waals surface area contributed by atoms with Crippen LogP contribution in [-0.2, 0) is 6.54 Å². The molecule has 2 heterocycles. The molecule has 158 valence electrons. The number of halogens is 1. The van der Waals surface area contributed by atoms with Gasteiger partial charge < -0.3 is 16.0 Å². The zero-order valence-corrected chi connectivity index (χ0v) is 16.8. The molecule has 0 unspecified atom stereocenters. The number of fused-ring (bicyclic) bond motifs is 1. The van der Waals surface area contributed by atoms with Crippen LogP contribution in [0.5, 0.6) is 0 Å². The van der Waals surface area contributed by atoms with E-state index in [-0.39, 0.29) is 11.5 Å². The fourth-order valence-corrected chi connectivity index (χ4v) is 3.39. The molecule has 3 aromatic carbocycles. The van der Waals surface area contributed by atoms with Crippen molar-refractivity contribution < 1.29 is 9.18 Å². The fourth-order valence-electron chi connectivity index (χ4n) is 3.39. The molecule has 0 aliphatic heterocycles. The number of nitrogens with zero attached hydrogens (tertiary/aromatic N) is 4. The molecule has 0 saturated heterocycles. The minimum Gasteiger partial charge on any atom is -0.397 e. The second kappa shape index (κ2) is 7.95. The second-order valence-corrected chi connectivity index (χ2v) is 7.27. The summed E-state index contributed by atoms with van der Waals surface area (Å²) >= 11 is 0. The topological polar surface area (TPSA) is 115 Å². The molecule has 0 bridgehead atoms. The first-order chi connectivity index (χ1) is 15.5. The Labute approximate surface area is 181 Å². The third-order valence-electron chi connectivity index (χ3n) is 5.00. The largest absolute Gasteiger partial charge is 0.397 e. The molecule has 1 amide bonds. The number of carbonyl (C=O) groups is 1. The third-order valence-corrected chi connectivity index (χ3v) is 5.00. The number of imidazole rings is 1. The number of H-pyrrole nitrogens is 1. The summed E-state index contributed by atoms with van der Waals surface area (Å²) in [6.45, 7) is 0.344. The van der Waals surface area contributed by atoms with Crippen molar-refractivity contribution in [3.8, 4) is 11.1 Å². The average Bonchev–Trinajstić information content (AvgIpc) is 3.42. The minimum absolute atomic E-state index is 0.146. The zero-order chi connectivity index (χ0) is 22.1. The van der Waals surface area contributed by atoms with Crippen molar-refractivity contribution in [2.75, 3.05) is 11.1 Å². The number of hydrogen-bond donors (Lipinski definition) is 3. The number of nitrogens with one attached hydrogen (secondary N) is 2. The smallest absolute Gasteiger partial charge is 0.277 e. The predicted octanol–water partition coefficient (Wildman–Crippen LogP) is 3.84. The minimum atomic E-state index is -0.441. The van der Waals surface area contributed by atoms with Gasteiger partial charge in [-0.25, -0.2) is 14.1 Å². The van der Waals surface area contributed by atoms with E-state index >= 15 is 0 Å². The lowest BCUT2D eigenvalue weighted by atomic mass is 10.0. The fraction of sp³-hybridized carbons (Fsp3) is 0.0435. The lowest BCUT2D eigenvalue weighted by molar-refractivity contribution is 0.102. The molecule has 5 rings (SSSR count). The predicted molar refractivity (Wildman–Crippen MR) is 119 cm³/mol. The van der Waals surface area contributed by atoms with Gasteiger partial charge in [-0.05, 0) is 47.5 Å². The monoisotopic (exact) mass is 427 g/mol. The number of nitrogen functional groups attached to an aromatic ring is 1. The van der Waals surface area contributed by atoms with Gasteiger partial charge in [0.1, 0.15) is 18.2 Å². The summed E-state index contributed by atoms with van der Waals surface area (Å²) in [6.07, 6.45) is 1.54. The van der Waals surface area contributed by atoms with Crippen molar-refractivity contribution in [1.82, 2.24) is 25.0 Å². The number of anilines is 2. The Bertz CT molecular complexity index is 1390. The summed E-state index contributed by atoms with van der Waals surface area (Å²) in [5.74, 6) is -0.0495. The molecule has 0 atom stereocenters. The summed E-state index contributed by atoms with van der Waals surface area (Å²) < 4.78 is 14.7. The molecule has 4 N–H and O–H groups in total. The van der Waals surface area contributed by atoms with Gasteiger partial charge in [0.15, 0.2) is 5.69 Å². The van der Waals surface area contributed by atoms with E-state index in [1.807, 2.05) is 30.3 Å². The molecular formula is C23H18FN7O. The molecule has 2 aromatic heterocycles. The van der Waals surface area contributed by atoms with Crippen LogP contribution in [0.3, 0.4) is 0 Å². The molecule has 0 aliphatic rings. The highest BCUT2D eigenvalue weighted by molar-refractivity contribution is 6.04. The molecular weight excluding hydrogens is 409 g/mol. The number of aromatic nitrogens is 5. The van der Waals surface area contributed by atoms with Gasteiger partial charge in [-0.15, -0.1) is 5.10 Å². The maximum absolute atomic E-state index is 13.2. The Morgan fingerprint density at radius 1 is 1.06 bits per heavy atom. The van der Waals surface area contributed by atoms with Gasteiger partial charge in [-0.2, -0.15) is 0 Å². The Kier molecular flexibility index (Phi) is 4.83. The van der Waals surface area contributed by atoms with Crippen LogP contribution in [0.15, 0.2) is 72.9 Å². The number of rotatable bonds is 5. The lowest BCUT2D eigenvalue weighted by Gasteiger charge is -2.10. The van der Waals surface area contributed by atoms with Crippen molar-refractivity contribution in [2.24, 2.45) is 0 Å². The van der Waals surface area contributed by atoms with Crippen molar-refractivity contribution >= 4 is 28.3 Å². The summed E-state index contributed by atoms with van der Waals surface area (Å²) in [6, 6.07) is 19.0. The summed E-state index contributed by atoms with van der Waals surface area (Å²) in [7, 11) is 0. The highest BCUT2D eigenvalue weighted by atomic mass is 19.1. The van der Waals surface area contributed by atoms with Crippen LogP contribution in [0.1, 0.15) is 16.3 Å². The Morgan fingerprint density at radius 3 is 2.66 bits per heavy atom. The van der Waals surface area contributed by atoms with Crippen LogP contribution in [0.2, 0.25) is 0 Å². The van der Waals surface area contributed by atoms with Gasteiger partial charge in [-0.1, -0.05) is 35.5 Å². The molecule has 9 heteroatoms. The first-order valence-electron chi connectivity index (χ1n) is 9.86. The van der Waals surface area contributed by atoms with Gasteiger partial charge in [-0.3, -0.25) is 4.79 Å². The Balaban J connectivity index is 1.32. The quantitative estimate of drug-likeness (QED) is 0.369. The number of aromatic amines is 1. The van der Waals surface area contributed by atoms with E-state index in [1.54, 1.807) is 30.5 Å². The van der Waals surface area contributed by atoms with Crippen molar-refractivity contribution in [3.05, 3.63) is 90.3 Å². The SMILES string of the molecule is Nc1ccc(-c2ccc(F)cc2)cc1NC(=O)c1cn(Cc2nc3ccccc3[nH]2)nn1. The van der Waals surface area contributed by atoms with E-state index in [0.29, 0.717) is 23.7 Å². The lowest BCUT2D eigenvalue weighted by Crippen LogP contribution is -2.14. The molecule has 0 radical (unpaired) electrons. The van der Waals surface area contributed by atoms with Crippen molar-refractivity contribution in [2.45, 2.75) is 6.54 Å². The van der Waals surface area contributed by atoms with Crippen LogP contribution in [0, 0.1) is 5.82 Å². The van der Waals surface area contributed by atoms with E-state index in [4.69, 9.17) is 5.73 Å². The molecule has 0 saturated carbocycles. The zero-order valence-electron chi connectivity index (χ0n) is 16.8. The van der Waals surface area contributed by atoms with Gasteiger partial charge >= 0.3 is 0 Å². The van der Waals surface area contributed by atoms with Crippen LogP contribution < -0.4 is 11.1 Å². The second-order valence-electron chi connectivity index (χ2n) is 7.27. The van der Waals surface area contributed by atoms with E-state index in [0.717, 1.165) is 22.2 Å². The number of para-hydroxylation sites is 2. The van der Waals surface area contributed by atoms with Gasteiger partial charge in [0.2, 0.25) is 0 Å². The molecule has 0 fully saturated rings. The van der Waals surface area contributed by atoms with Crippen molar-refractivity contribution in [3.63, 3.8) is 0 Å². The molecule has 32 heavy (non-hydrogen) atoms. The maximum Gasteiger partial charge on any atom is 0.277 e. The van der Waals surface area contributed by atoms with Gasteiger partial charge in [0.25, 0.3) is 5.91 Å². The van der Waals surface area contributed by atoms with Crippen molar-refractivity contribution in [1.29, 1.82) is 0 Å². The summed E-state index contributed by atoms with van der Waals surface area (Å²) in [5.41, 5.74) is 10.4. The Hall–Kier alpha value is -4.53. The van der Waals surface area contributed by atoms with E-state index < -0.39 is 5.91 Å². The number of hydrogen-bond acceptors (Lipinski definition) is 5. The first-order valence-corrected chi connectivity index (χ1v) is 9.86. The highest BCUT2D eigenvalue weighted by Crippen LogP contribution is 2.27. The van der Waals surface area contributed by atoms with Crippen LogP contribution in [-0.4, -0.2) is 30.9 Å². The number of benzene rings is 3. The highest BCUT2D eigenvalue weighted by Gasteiger charge is 2.14. The van der Waals surface area contributed by atoms with E-state index in [1.165, 1.54) is 16.8 Å². The standard InChI is InChI=1S/C23H18FN7O/c24-16-8-5-14(6-9-16)15-7-10-17(25)20(11-15)28-23(32)21-12-31(30-29-21)13-22-26-18-3-1-2-4-19(18)27-22/h1-12H,13,25H2,(H,26,27)(H,28,32). The van der Waals surface area contributed by atoms with Gasteiger partial charge in [0.05, 0.1) is 28.6 Å². The maximum atomic E-state index is 13.2. The molecule has 8 nitrogen and oxygen atoms in total. The normalized spacial score (nSPS) is 11.0. The van der Waals surface area contributed by atoms with E-state index in [2.05, 4.69) is 25.6 Å². The summed E-state index contributed by atoms with van der Waals surface area (Å²) in [5, 5.41) is 10.7.